The smallest absolute Gasteiger partial charge is 0.256 e. The Morgan fingerprint density at radius 1 is 1.17 bits per heavy atom. The van der Waals surface area contributed by atoms with Gasteiger partial charge in [0.05, 0.1) is 6.61 Å². The predicted octanol–water partition coefficient (Wildman–Crippen LogP) is 2.33. The van der Waals surface area contributed by atoms with Gasteiger partial charge >= 0.3 is 0 Å². The van der Waals surface area contributed by atoms with Gasteiger partial charge in [0.15, 0.2) is 0 Å². The van der Waals surface area contributed by atoms with E-state index in [-0.39, 0.29) is 12.2 Å². The monoisotopic (exact) mass is 247 g/mol. The highest BCUT2D eigenvalue weighted by Gasteiger charge is 2.24. The van der Waals surface area contributed by atoms with Crippen LogP contribution in [0.15, 0.2) is 10.9 Å². The summed E-state index contributed by atoms with van der Waals surface area (Å²) in [6, 6.07) is 2.31. The van der Waals surface area contributed by atoms with Gasteiger partial charge in [0.1, 0.15) is 0 Å². The van der Waals surface area contributed by atoms with Gasteiger partial charge < -0.3 is 9.67 Å². The number of nitrogens with zero attached hydrogens (tertiary/aromatic N) is 1. The lowest BCUT2D eigenvalue weighted by atomic mass is 9.94. The molecule has 18 heavy (non-hydrogen) atoms. The first kappa shape index (κ1) is 12.0. The SMILES string of the molecule is O=c1c(CO)cc2c(n1C1CCCCC1)CCC2. The van der Waals surface area contributed by atoms with Crippen LogP contribution >= 0.6 is 0 Å². The highest BCUT2D eigenvalue weighted by molar-refractivity contribution is 5.30. The van der Waals surface area contributed by atoms with Crippen LogP contribution in [-0.4, -0.2) is 9.67 Å². The number of fused-ring (bicyclic) bond motifs is 1. The number of pyridine rings is 1. The summed E-state index contributed by atoms with van der Waals surface area (Å²) in [6.45, 7) is -0.126. The normalized spacial score (nSPS) is 20.1. The molecule has 2 aliphatic carbocycles. The number of rotatable bonds is 2. The Balaban J connectivity index is 2.11. The standard InChI is InChI=1S/C15H21NO2/c17-10-12-9-11-5-4-8-14(11)16(15(12)18)13-6-2-1-3-7-13/h9,13,17H,1-8,10H2. The zero-order valence-electron chi connectivity index (χ0n) is 10.8. The van der Waals surface area contributed by atoms with E-state index in [0.29, 0.717) is 11.6 Å². The summed E-state index contributed by atoms with van der Waals surface area (Å²) in [4.78, 5) is 12.5. The lowest BCUT2D eigenvalue weighted by Gasteiger charge is -2.27. The molecule has 0 aromatic carbocycles. The van der Waals surface area contributed by atoms with Gasteiger partial charge in [0, 0.05) is 17.3 Å². The molecule has 0 bridgehead atoms. The number of hydrogen-bond acceptors (Lipinski definition) is 2. The first-order valence-corrected chi connectivity index (χ1v) is 7.18. The average Bonchev–Trinajstić information content (AvgIpc) is 2.86. The number of aliphatic hydroxyl groups excluding tert-OH is 1. The molecule has 0 atom stereocenters. The van der Waals surface area contributed by atoms with Gasteiger partial charge in [-0.15, -0.1) is 0 Å². The van der Waals surface area contributed by atoms with Crippen molar-refractivity contribution in [2.45, 2.75) is 64.0 Å². The molecule has 1 saturated carbocycles. The maximum atomic E-state index is 12.5. The van der Waals surface area contributed by atoms with Crippen LogP contribution in [0.2, 0.25) is 0 Å². The number of aromatic nitrogens is 1. The topological polar surface area (TPSA) is 42.2 Å². The molecular weight excluding hydrogens is 226 g/mol. The molecule has 1 heterocycles. The van der Waals surface area contributed by atoms with Crippen molar-refractivity contribution in [2.75, 3.05) is 0 Å². The van der Waals surface area contributed by atoms with Crippen molar-refractivity contribution in [1.82, 2.24) is 4.57 Å². The summed E-state index contributed by atoms with van der Waals surface area (Å²) < 4.78 is 2.03. The molecular formula is C15H21NO2. The maximum Gasteiger partial charge on any atom is 0.256 e. The summed E-state index contributed by atoms with van der Waals surface area (Å²) in [5.41, 5.74) is 3.19. The van der Waals surface area contributed by atoms with Crippen molar-refractivity contribution in [3.05, 3.63) is 33.2 Å². The van der Waals surface area contributed by atoms with Crippen molar-refractivity contribution in [1.29, 1.82) is 0 Å². The van der Waals surface area contributed by atoms with E-state index in [1.165, 1.54) is 30.5 Å². The first-order chi connectivity index (χ1) is 8.81. The van der Waals surface area contributed by atoms with E-state index < -0.39 is 0 Å². The van der Waals surface area contributed by atoms with Gasteiger partial charge in [-0.1, -0.05) is 19.3 Å². The molecule has 1 aromatic rings. The lowest BCUT2D eigenvalue weighted by Crippen LogP contribution is -2.31. The molecule has 2 aliphatic rings. The summed E-state index contributed by atoms with van der Waals surface area (Å²) in [5, 5.41) is 9.36. The van der Waals surface area contributed by atoms with Crippen molar-refractivity contribution >= 4 is 0 Å². The molecule has 0 radical (unpaired) electrons. The predicted molar refractivity (Wildman–Crippen MR) is 70.8 cm³/mol. The van der Waals surface area contributed by atoms with E-state index in [4.69, 9.17) is 0 Å². The maximum absolute atomic E-state index is 12.5. The molecule has 98 valence electrons. The molecule has 1 fully saturated rings. The molecule has 3 heteroatoms. The molecule has 0 aliphatic heterocycles. The third-order valence-electron chi connectivity index (χ3n) is 4.47. The molecule has 3 nitrogen and oxygen atoms in total. The molecule has 1 aromatic heterocycles. The highest BCUT2D eigenvalue weighted by atomic mass is 16.3. The molecule has 0 unspecified atom stereocenters. The van der Waals surface area contributed by atoms with E-state index in [1.54, 1.807) is 0 Å². The van der Waals surface area contributed by atoms with Crippen LogP contribution in [0.5, 0.6) is 0 Å². The van der Waals surface area contributed by atoms with Crippen molar-refractivity contribution < 1.29 is 5.11 Å². The molecule has 3 rings (SSSR count). The van der Waals surface area contributed by atoms with Crippen LogP contribution in [0.4, 0.5) is 0 Å². The van der Waals surface area contributed by atoms with Gasteiger partial charge in [-0.3, -0.25) is 4.79 Å². The Morgan fingerprint density at radius 2 is 1.94 bits per heavy atom. The van der Waals surface area contributed by atoms with E-state index in [1.807, 2.05) is 10.6 Å². The van der Waals surface area contributed by atoms with Gasteiger partial charge in [-0.05, 0) is 43.7 Å². The van der Waals surface area contributed by atoms with Crippen LogP contribution in [-0.2, 0) is 19.4 Å². The zero-order chi connectivity index (χ0) is 12.5. The minimum atomic E-state index is -0.126. The molecule has 0 saturated heterocycles. The second kappa shape index (κ2) is 4.88. The Labute approximate surface area is 107 Å². The highest BCUT2D eigenvalue weighted by Crippen LogP contribution is 2.31. The van der Waals surface area contributed by atoms with Gasteiger partial charge in [-0.2, -0.15) is 0 Å². The van der Waals surface area contributed by atoms with Gasteiger partial charge in [0.25, 0.3) is 5.56 Å². The van der Waals surface area contributed by atoms with E-state index in [9.17, 15) is 9.90 Å². The van der Waals surface area contributed by atoms with Crippen LogP contribution in [0.3, 0.4) is 0 Å². The fourth-order valence-corrected chi connectivity index (χ4v) is 3.57. The third-order valence-corrected chi connectivity index (χ3v) is 4.47. The van der Waals surface area contributed by atoms with Crippen LogP contribution in [0.1, 0.15) is 61.4 Å². The number of hydrogen-bond donors (Lipinski definition) is 1. The molecule has 0 spiro atoms. The summed E-state index contributed by atoms with van der Waals surface area (Å²) >= 11 is 0. The molecule has 0 amide bonds. The lowest BCUT2D eigenvalue weighted by molar-refractivity contribution is 0.275. The Bertz CT molecular complexity index is 498. The minimum Gasteiger partial charge on any atom is -0.391 e. The summed E-state index contributed by atoms with van der Waals surface area (Å²) in [6.07, 6.45) is 9.26. The Hall–Kier alpha value is -1.09. The van der Waals surface area contributed by atoms with E-state index >= 15 is 0 Å². The third kappa shape index (κ3) is 1.91. The van der Waals surface area contributed by atoms with Crippen LogP contribution in [0.25, 0.3) is 0 Å². The van der Waals surface area contributed by atoms with E-state index in [0.717, 1.165) is 32.1 Å². The first-order valence-electron chi connectivity index (χ1n) is 7.18. The Kier molecular flexibility index (Phi) is 3.25. The second-order valence-corrected chi connectivity index (χ2v) is 5.62. The fraction of sp³-hybridized carbons (Fsp3) is 0.667. The molecule has 1 N–H and O–H groups in total. The van der Waals surface area contributed by atoms with Gasteiger partial charge in [0.2, 0.25) is 0 Å². The van der Waals surface area contributed by atoms with Crippen molar-refractivity contribution in [3.8, 4) is 0 Å². The quantitative estimate of drug-likeness (QED) is 0.871. The van der Waals surface area contributed by atoms with Crippen molar-refractivity contribution in [2.24, 2.45) is 0 Å². The van der Waals surface area contributed by atoms with Crippen molar-refractivity contribution in [3.63, 3.8) is 0 Å². The summed E-state index contributed by atoms with van der Waals surface area (Å²) in [5.74, 6) is 0. The average molecular weight is 247 g/mol. The second-order valence-electron chi connectivity index (χ2n) is 5.62. The van der Waals surface area contributed by atoms with Crippen LogP contribution < -0.4 is 5.56 Å². The van der Waals surface area contributed by atoms with Gasteiger partial charge in [-0.25, -0.2) is 0 Å². The summed E-state index contributed by atoms with van der Waals surface area (Å²) in [7, 11) is 0. The van der Waals surface area contributed by atoms with Crippen LogP contribution in [0, 0.1) is 0 Å². The number of aliphatic hydroxyl groups is 1. The zero-order valence-corrected chi connectivity index (χ0v) is 10.8. The van der Waals surface area contributed by atoms with E-state index in [2.05, 4.69) is 0 Å². The minimum absolute atomic E-state index is 0.0602. The fourth-order valence-electron chi connectivity index (χ4n) is 3.57. The number of aryl methyl sites for hydroxylation is 1. The largest absolute Gasteiger partial charge is 0.391 e. The Morgan fingerprint density at radius 3 is 2.67 bits per heavy atom.